The van der Waals surface area contributed by atoms with E-state index in [1.54, 1.807) is 31.2 Å². The van der Waals surface area contributed by atoms with Crippen LogP contribution in [0.5, 0.6) is 0 Å². The summed E-state index contributed by atoms with van der Waals surface area (Å²) in [5.74, 6) is -2.09. The van der Waals surface area contributed by atoms with Gasteiger partial charge in [0.1, 0.15) is 5.56 Å². The maximum atomic E-state index is 12.8. The molecule has 1 aromatic carbocycles. The number of nitrogens with zero attached hydrogens (tertiary/aromatic N) is 2. The van der Waals surface area contributed by atoms with Gasteiger partial charge in [0.2, 0.25) is 5.82 Å². The molecular weight excluding hydrogens is 365 g/mol. The Balaban J connectivity index is 2.66. The van der Waals surface area contributed by atoms with Gasteiger partial charge in [-0.2, -0.15) is 13.2 Å². The molecule has 0 N–H and O–H groups in total. The van der Waals surface area contributed by atoms with E-state index >= 15 is 0 Å². The molecule has 0 saturated carbocycles. The molecule has 0 unspecified atom stereocenters. The van der Waals surface area contributed by atoms with Crippen LogP contribution in [-0.4, -0.2) is 22.5 Å². The minimum atomic E-state index is -4.71. The molecule has 0 aliphatic rings. The highest BCUT2D eigenvalue weighted by atomic mass is 79.9. The van der Waals surface area contributed by atoms with E-state index in [4.69, 9.17) is 4.74 Å². The van der Waals surface area contributed by atoms with Crippen LogP contribution >= 0.6 is 15.9 Å². The molecule has 116 valence electrons. The smallest absolute Gasteiger partial charge is 0.451 e. The first kappa shape index (κ1) is 16.4. The van der Waals surface area contributed by atoms with E-state index in [0.717, 1.165) is 6.20 Å². The number of benzene rings is 1. The lowest BCUT2D eigenvalue weighted by molar-refractivity contribution is -0.144. The molecule has 1 aromatic heterocycles. The van der Waals surface area contributed by atoms with E-state index < -0.39 is 18.0 Å². The molecule has 2 aromatic rings. The minimum absolute atomic E-state index is 0.0925. The van der Waals surface area contributed by atoms with E-state index in [1.807, 2.05) is 0 Å². The molecule has 0 saturated heterocycles. The van der Waals surface area contributed by atoms with Gasteiger partial charge in [-0.05, 0) is 13.0 Å². The van der Waals surface area contributed by atoms with Gasteiger partial charge in [-0.1, -0.05) is 34.1 Å². The van der Waals surface area contributed by atoms with Gasteiger partial charge < -0.3 is 4.74 Å². The average Bonchev–Trinajstić information content (AvgIpc) is 2.46. The fourth-order valence-electron chi connectivity index (χ4n) is 1.74. The summed E-state index contributed by atoms with van der Waals surface area (Å²) in [5.41, 5.74) is 0.0912. The van der Waals surface area contributed by atoms with Crippen LogP contribution in [0, 0.1) is 0 Å². The summed E-state index contributed by atoms with van der Waals surface area (Å²) in [7, 11) is 0. The predicted octanol–water partition coefficient (Wildman–Crippen LogP) is 4.10. The third-order valence-electron chi connectivity index (χ3n) is 2.67. The Kier molecular flexibility index (Phi) is 4.80. The average molecular weight is 375 g/mol. The van der Waals surface area contributed by atoms with Gasteiger partial charge in [-0.25, -0.2) is 14.8 Å². The van der Waals surface area contributed by atoms with Crippen LogP contribution in [-0.2, 0) is 10.9 Å². The van der Waals surface area contributed by atoms with E-state index in [0.29, 0.717) is 10.0 Å². The number of rotatable bonds is 3. The number of alkyl halides is 3. The highest BCUT2D eigenvalue weighted by Crippen LogP contribution is 2.32. The summed E-state index contributed by atoms with van der Waals surface area (Å²) in [6, 6.07) is 6.52. The fraction of sp³-hybridized carbons (Fsp3) is 0.214. The van der Waals surface area contributed by atoms with E-state index in [-0.39, 0.29) is 17.9 Å². The molecular formula is C14H10BrF3N2O2. The van der Waals surface area contributed by atoms with Crippen LogP contribution in [0.2, 0.25) is 0 Å². The maximum absolute atomic E-state index is 12.8. The summed E-state index contributed by atoms with van der Waals surface area (Å²) in [4.78, 5) is 18.6. The number of hydrogen-bond donors (Lipinski definition) is 0. The van der Waals surface area contributed by atoms with Gasteiger partial charge in [0.15, 0.2) is 0 Å². The van der Waals surface area contributed by atoms with Crippen LogP contribution < -0.4 is 0 Å². The second-order valence-electron chi connectivity index (χ2n) is 4.15. The second kappa shape index (κ2) is 6.43. The molecule has 0 bridgehead atoms. The Bertz CT molecular complexity index is 705. The van der Waals surface area contributed by atoms with Crippen molar-refractivity contribution in [3.63, 3.8) is 0 Å². The van der Waals surface area contributed by atoms with Crippen molar-refractivity contribution in [2.24, 2.45) is 0 Å². The SMILES string of the molecule is CCOC(=O)c1cnc(C(F)(F)F)nc1-c1ccccc1Br. The lowest BCUT2D eigenvalue weighted by Crippen LogP contribution is -2.15. The van der Waals surface area contributed by atoms with Crippen molar-refractivity contribution < 1.29 is 22.7 Å². The van der Waals surface area contributed by atoms with Gasteiger partial charge >= 0.3 is 12.1 Å². The van der Waals surface area contributed by atoms with Gasteiger partial charge in [0.05, 0.1) is 12.3 Å². The van der Waals surface area contributed by atoms with Crippen molar-refractivity contribution in [2.45, 2.75) is 13.1 Å². The van der Waals surface area contributed by atoms with Crippen molar-refractivity contribution in [3.8, 4) is 11.3 Å². The zero-order valence-corrected chi connectivity index (χ0v) is 12.9. The molecule has 0 aliphatic carbocycles. The number of carbonyl (C=O) groups is 1. The molecule has 0 atom stereocenters. The number of ether oxygens (including phenoxy) is 1. The summed E-state index contributed by atoms with van der Waals surface area (Å²) < 4.78 is 43.8. The van der Waals surface area contributed by atoms with Crippen LogP contribution in [0.3, 0.4) is 0 Å². The molecule has 0 fully saturated rings. The standard InChI is InChI=1S/C14H10BrF3N2O2/c1-2-22-12(21)9-7-19-13(14(16,17)18)20-11(9)8-5-3-4-6-10(8)15/h3-7H,2H2,1H3. The number of hydrogen-bond acceptors (Lipinski definition) is 4. The zero-order valence-electron chi connectivity index (χ0n) is 11.3. The quantitative estimate of drug-likeness (QED) is 0.758. The molecule has 1 heterocycles. The van der Waals surface area contributed by atoms with E-state index in [9.17, 15) is 18.0 Å². The molecule has 0 amide bonds. The van der Waals surface area contributed by atoms with Crippen molar-refractivity contribution in [1.29, 1.82) is 0 Å². The summed E-state index contributed by atoms with van der Waals surface area (Å²) in [6.45, 7) is 1.69. The normalized spacial score (nSPS) is 11.3. The topological polar surface area (TPSA) is 52.1 Å². The van der Waals surface area contributed by atoms with Gasteiger partial charge in [-0.3, -0.25) is 0 Å². The molecule has 0 aliphatic heterocycles. The number of carbonyl (C=O) groups excluding carboxylic acids is 1. The lowest BCUT2D eigenvalue weighted by atomic mass is 10.1. The second-order valence-corrected chi connectivity index (χ2v) is 5.01. The Morgan fingerprint density at radius 2 is 2.00 bits per heavy atom. The summed E-state index contributed by atoms with van der Waals surface area (Å²) in [6.07, 6.45) is -3.87. The van der Waals surface area contributed by atoms with Crippen molar-refractivity contribution >= 4 is 21.9 Å². The third kappa shape index (κ3) is 3.44. The first-order valence-corrected chi connectivity index (χ1v) is 7.00. The molecule has 2 rings (SSSR count). The first-order valence-electron chi connectivity index (χ1n) is 6.21. The molecule has 0 radical (unpaired) electrons. The van der Waals surface area contributed by atoms with Crippen molar-refractivity contribution in [1.82, 2.24) is 9.97 Å². The van der Waals surface area contributed by atoms with Crippen LogP contribution in [0.15, 0.2) is 34.9 Å². The monoisotopic (exact) mass is 374 g/mol. The Labute approximate surface area is 132 Å². The summed E-state index contributed by atoms with van der Waals surface area (Å²) in [5, 5.41) is 0. The van der Waals surface area contributed by atoms with Gasteiger partial charge in [0, 0.05) is 16.2 Å². The Morgan fingerprint density at radius 3 is 2.59 bits per heavy atom. The largest absolute Gasteiger partial charge is 0.462 e. The number of halogens is 4. The van der Waals surface area contributed by atoms with Gasteiger partial charge in [0.25, 0.3) is 0 Å². The van der Waals surface area contributed by atoms with Gasteiger partial charge in [-0.15, -0.1) is 0 Å². The van der Waals surface area contributed by atoms with Crippen molar-refractivity contribution in [2.75, 3.05) is 6.61 Å². The predicted molar refractivity (Wildman–Crippen MR) is 76.1 cm³/mol. The third-order valence-corrected chi connectivity index (χ3v) is 3.36. The Morgan fingerprint density at radius 1 is 1.32 bits per heavy atom. The van der Waals surface area contributed by atoms with Crippen molar-refractivity contribution in [3.05, 3.63) is 46.3 Å². The van der Waals surface area contributed by atoms with E-state index in [1.165, 1.54) is 0 Å². The van der Waals surface area contributed by atoms with Crippen LogP contribution in [0.1, 0.15) is 23.1 Å². The molecule has 22 heavy (non-hydrogen) atoms. The first-order chi connectivity index (χ1) is 10.3. The molecule has 0 spiro atoms. The Hall–Kier alpha value is -1.96. The van der Waals surface area contributed by atoms with Crippen LogP contribution in [0.25, 0.3) is 11.3 Å². The van der Waals surface area contributed by atoms with E-state index in [2.05, 4.69) is 25.9 Å². The summed E-state index contributed by atoms with van der Waals surface area (Å²) >= 11 is 3.24. The number of aromatic nitrogens is 2. The highest BCUT2D eigenvalue weighted by Gasteiger charge is 2.36. The maximum Gasteiger partial charge on any atom is 0.451 e. The molecule has 4 nitrogen and oxygen atoms in total. The highest BCUT2D eigenvalue weighted by molar-refractivity contribution is 9.10. The molecule has 8 heteroatoms. The zero-order chi connectivity index (χ0) is 16.3. The van der Waals surface area contributed by atoms with Crippen LogP contribution in [0.4, 0.5) is 13.2 Å². The fourth-order valence-corrected chi connectivity index (χ4v) is 2.21. The minimum Gasteiger partial charge on any atom is -0.462 e. The lowest BCUT2D eigenvalue weighted by Gasteiger charge is -2.12. The number of esters is 1.